The molecule has 16 unspecified atom stereocenters. The van der Waals surface area contributed by atoms with E-state index in [4.69, 9.17) is 14.2 Å². The van der Waals surface area contributed by atoms with Crippen LogP contribution in [0, 0.1) is 94.7 Å². The van der Waals surface area contributed by atoms with Gasteiger partial charge in [0.15, 0.2) is 5.12 Å². The van der Waals surface area contributed by atoms with E-state index in [1.54, 1.807) is 63.1 Å². The average molecular weight is 1610 g/mol. The van der Waals surface area contributed by atoms with Gasteiger partial charge in [-0.25, -0.2) is 0 Å². The SMILES string of the molecule is CCC1CC1CC1CC1CC1CC1CCCCCCCC(=O)OCCCN(C)C.CCCCCC1CC1CC1CC1CCCCCCCC(=O)OCCCN(C)C.CCCCCC1CC1CC1CC1CCCCCCCC(=O)OCCC[N+](C)(C)C.CCCCCCCCC1CC1CCCCCCCC(=O)SCCCN(C)C. The van der Waals surface area contributed by atoms with E-state index in [0.29, 0.717) is 44.2 Å². The number of hydrogen-bond donors (Lipinski definition) is 0. The molecule has 0 N–H and O–H groups in total. The fraction of sp³-hybridized carbons (Fsp3) is 0.960. The Morgan fingerprint density at radius 1 is 0.283 bits per heavy atom. The highest BCUT2D eigenvalue weighted by Gasteiger charge is 2.49. The van der Waals surface area contributed by atoms with Crippen LogP contribution in [0.25, 0.3) is 0 Å². The number of unbranched alkanes of at least 4 members (excludes halogenated alkanes) is 25. The quantitative estimate of drug-likeness (QED) is 0.0252. The summed E-state index contributed by atoms with van der Waals surface area (Å²) < 4.78 is 16.8. The van der Waals surface area contributed by atoms with Crippen molar-refractivity contribution in [1.82, 2.24) is 14.7 Å². The van der Waals surface area contributed by atoms with E-state index in [0.717, 1.165) is 189 Å². The first kappa shape index (κ1) is 102. The summed E-state index contributed by atoms with van der Waals surface area (Å²) in [6.45, 7) is 15.1. The van der Waals surface area contributed by atoms with E-state index in [-0.39, 0.29) is 17.9 Å². The molecule has 0 amide bonds. The molecule has 0 aromatic rings. The number of esters is 3. The maximum atomic E-state index is 11.8. The molecule has 0 spiro atoms. The maximum absolute atomic E-state index is 11.8. The zero-order valence-corrected chi connectivity index (χ0v) is 78.2. The third kappa shape index (κ3) is 56.5. The summed E-state index contributed by atoms with van der Waals surface area (Å²) in [5, 5.41) is 0.407. The van der Waals surface area contributed by atoms with Crippen molar-refractivity contribution in [2.24, 2.45) is 94.7 Å². The summed E-state index contributed by atoms with van der Waals surface area (Å²) in [4.78, 5) is 53.3. The predicted molar refractivity (Wildman–Crippen MR) is 484 cm³/mol. The first-order valence-electron chi connectivity index (χ1n) is 50.1. The Morgan fingerprint density at radius 3 is 0.841 bits per heavy atom. The van der Waals surface area contributed by atoms with Gasteiger partial charge in [0.2, 0.25) is 0 Å². The molecule has 8 rings (SSSR count). The highest BCUT2D eigenvalue weighted by Crippen LogP contribution is 2.59. The van der Waals surface area contributed by atoms with Crippen molar-refractivity contribution in [2.75, 3.05) is 115 Å². The largest absolute Gasteiger partial charge is 0.466 e. The summed E-state index contributed by atoms with van der Waals surface area (Å²) >= 11 is 1.55. The third-order valence-electron chi connectivity index (χ3n) is 27.9. The molecule has 16 atom stereocenters. The number of nitrogens with zero attached hydrogens (tertiary/aromatic N) is 4. The van der Waals surface area contributed by atoms with Gasteiger partial charge in [0.05, 0.1) is 47.5 Å². The molecule has 0 radical (unpaired) electrons. The highest BCUT2D eigenvalue weighted by atomic mass is 32.2. The zero-order valence-electron chi connectivity index (χ0n) is 77.4. The van der Waals surface area contributed by atoms with Crippen LogP contribution in [0.5, 0.6) is 0 Å². The fourth-order valence-electron chi connectivity index (χ4n) is 19.4. The van der Waals surface area contributed by atoms with Crippen LogP contribution < -0.4 is 0 Å². The number of carbonyl (C=O) groups is 4. The van der Waals surface area contributed by atoms with E-state index < -0.39 is 0 Å². The minimum Gasteiger partial charge on any atom is -0.466 e. The van der Waals surface area contributed by atoms with E-state index in [9.17, 15) is 19.2 Å². The number of ether oxygens (including phenoxy) is 3. The minimum atomic E-state index is -0.00680. The summed E-state index contributed by atoms with van der Waals surface area (Å²) in [6.07, 6.45) is 79.3. The molecule has 8 aliphatic rings. The second-order valence-corrected chi connectivity index (χ2v) is 42.0. The van der Waals surface area contributed by atoms with Gasteiger partial charge >= 0.3 is 17.9 Å². The Balaban J connectivity index is 0.000000269. The van der Waals surface area contributed by atoms with Crippen molar-refractivity contribution in [3.8, 4) is 0 Å². The van der Waals surface area contributed by atoms with Crippen LogP contribution in [0.15, 0.2) is 0 Å². The van der Waals surface area contributed by atoms with Gasteiger partial charge < -0.3 is 33.4 Å². The Hall–Kier alpha value is -1.73. The first-order chi connectivity index (χ1) is 54.7. The fourth-order valence-corrected chi connectivity index (χ4v) is 20.2. The van der Waals surface area contributed by atoms with Crippen molar-refractivity contribution in [2.45, 2.75) is 413 Å². The summed E-state index contributed by atoms with van der Waals surface area (Å²) in [5.74, 6) is 18.5. The predicted octanol–water partition coefficient (Wildman–Crippen LogP) is 26.7. The lowest BCUT2D eigenvalue weighted by Crippen LogP contribution is -2.35. The van der Waals surface area contributed by atoms with Gasteiger partial charge in [-0.1, -0.05) is 271 Å². The van der Waals surface area contributed by atoms with Gasteiger partial charge in [-0.15, -0.1) is 0 Å². The minimum absolute atomic E-state index is 0.000283. The van der Waals surface area contributed by atoms with Crippen molar-refractivity contribution < 1.29 is 37.9 Å². The van der Waals surface area contributed by atoms with Crippen LogP contribution in [-0.4, -0.2) is 157 Å². The molecule has 0 aliphatic heterocycles. The van der Waals surface area contributed by atoms with E-state index in [1.165, 1.54) is 257 Å². The van der Waals surface area contributed by atoms with Gasteiger partial charge in [-0.2, -0.15) is 0 Å². The van der Waals surface area contributed by atoms with E-state index in [1.807, 2.05) is 28.2 Å². The molecule has 12 heteroatoms. The van der Waals surface area contributed by atoms with Gasteiger partial charge in [0.25, 0.3) is 0 Å². The van der Waals surface area contributed by atoms with E-state index >= 15 is 0 Å². The molecule has 0 aromatic carbocycles. The Bertz CT molecular complexity index is 2360. The lowest BCUT2D eigenvalue weighted by Gasteiger charge is -2.23. The molecule has 11 nitrogen and oxygen atoms in total. The number of rotatable bonds is 72. The highest BCUT2D eigenvalue weighted by molar-refractivity contribution is 8.13. The molecular formula is C101H191N4O7S+. The number of quaternary nitrogens is 1. The Labute approximate surface area is 706 Å². The molecule has 0 bridgehead atoms. The monoisotopic (exact) mass is 1600 g/mol. The lowest BCUT2D eigenvalue weighted by molar-refractivity contribution is -0.870. The average Bonchev–Trinajstić information content (AvgIpc) is 1.61. The molecular weight excluding hydrogens is 1410 g/mol. The normalized spacial score (nSPS) is 25.9. The summed E-state index contributed by atoms with van der Waals surface area (Å²) in [5.41, 5.74) is 0. The Morgan fingerprint density at radius 2 is 0.522 bits per heavy atom. The number of thioether (sulfide) groups is 1. The summed E-state index contributed by atoms with van der Waals surface area (Å²) in [7, 11) is 18.9. The van der Waals surface area contributed by atoms with Gasteiger partial charge in [-0.05, 0) is 266 Å². The molecule has 662 valence electrons. The standard InChI is InChI=1S/C26H47NO2.C26H50NO2.C25H47NO2.C24H47NOS/c1-4-20-15-22(20)17-24-19-25(24)18-23-16-21(23)11-8-6-5-7-9-12-26(28)29-14-10-13-27(2)3;1-5-6-10-14-22-19-24(22)21-25-20-23(25)15-11-8-7-9-12-16-26(28)29-18-13-17-27(2,3)4;1-4-5-9-13-21-18-23(21)20-24-19-22(24)14-10-7-6-8-11-15-25(27)28-17-12-16-26(2)3;1-4-5-6-7-9-12-16-22-21-23(22)17-13-10-8-11-14-18-24(26)27-20-15-19-25(2)3/h20-25H,4-19H2,1-3H3;22-25H,5-21H2,1-4H3;21-24H,4-20H2,1-3H3;22-23H,4-21H2,1-3H3/q;+1;;. The molecule has 8 fully saturated rings. The second-order valence-electron chi connectivity index (χ2n) is 40.9. The van der Waals surface area contributed by atoms with Gasteiger partial charge in [0.1, 0.15) is 0 Å². The van der Waals surface area contributed by atoms with Crippen molar-refractivity contribution in [1.29, 1.82) is 0 Å². The zero-order chi connectivity index (χ0) is 81.7. The van der Waals surface area contributed by atoms with Crippen LogP contribution in [-0.2, 0) is 33.4 Å². The molecule has 0 saturated heterocycles. The molecule has 113 heavy (non-hydrogen) atoms. The van der Waals surface area contributed by atoms with Gasteiger partial charge in [-0.3, -0.25) is 19.2 Å². The maximum Gasteiger partial charge on any atom is 0.305 e. The lowest BCUT2D eigenvalue weighted by atomic mass is 10.0. The molecule has 8 saturated carbocycles. The van der Waals surface area contributed by atoms with E-state index in [2.05, 4.69) is 77.6 Å². The molecule has 0 aromatic heterocycles. The number of carbonyl (C=O) groups excluding carboxylic acids is 4. The van der Waals surface area contributed by atoms with Crippen molar-refractivity contribution in [3.05, 3.63) is 0 Å². The van der Waals surface area contributed by atoms with Crippen LogP contribution in [0.1, 0.15) is 413 Å². The molecule has 0 heterocycles. The van der Waals surface area contributed by atoms with Crippen molar-refractivity contribution >= 4 is 34.8 Å². The summed E-state index contributed by atoms with van der Waals surface area (Å²) in [6, 6.07) is 0. The van der Waals surface area contributed by atoms with Crippen LogP contribution >= 0.6 is 11.8 Å². The van der Waals surface area contributed by atoms with Crippen LogP contribution in [0.4, 0.5) is 0 Å². The number of hydrogen-bond acceptors (Lipinski definition) is 11. The van der Waals surface area contributed by atoms with Crippen molar-refractivity contribution in [3.63, 3.8) is 0 Å². The first-order valence-corrected chi connectivity index (χ1v) is 51.0. The molecule has 8 aliphatic carbocycles. The third-order valence-corrected chi connectivity index (χ3v) is 28.9. The smallest absolute Gasteiger partial charge is 0.305 e. The topological polar surface area (TPSA) is 106 Å². The van der Waals surface area contributed by atoms with Gasteiger partial charge in [0, 0.05) is 50.9 Å². The van der Waals surface area contributed by atoms with Crippen LogP contribution in [0.2, 0.25) is 0 Å². The Kier molecular flexibility index (Phi) is 56.2. The second kappa shape index (κ2) is 62.4. The van der Waals surface area contributed by atoms with Crippen LogP contribution in [0.3, 0.4) is 0 Å².